The van der Waals surface area contributed by atoms with Crippen LogP contribution in [0.1, 0.15) is 17.3 Å². The molecule has 0 radical (unpaired) electrons. The summed E-state index contributed by atoms with van der Waals surface area (Å²) in [6.45, 7) is 1.81. The number of benzene rings is 1. The Kier molecular flexibility index (Phi) is 5.66. The van der Waals surface area contributed by atoms with Gasteiger partial charge in [-0.2, -0.15) is 10.5 Å². The Morgan fingerprint density at radius 3 is 2.48 bits per heavy atom. The number of carbonyl (C=O) groups is 1. The summed E-state index contributed by atoms with van der Waals surface area (Å²) in [6.07, 6.45) is 0. The number of nitriles is 2. The van der Waals surface area contributed by atoms with E-state index >= 15 is 0 Å². The Hall–Kier alpha value is -3.13. The van der Waals surface area contributed by atoms with Crippen LogP contribution in [0, 0.1) is 32.8 Å². The summed E-state index contributed by atoms with van der Waals surface area (Å²) in [5, 5.41) is 31.1. The summed E-state index contributed by atoms with van der Waals surface area (Å²) in [5.74, 6) is -0.599. The molecule has 8 nitrogen and oxygen atoms in total. The van der Waals surface area contributed by atoms with Crippen LogP contribution in [-0.4, -0.2) is 35.4 Å². The second kappa shape index (κ2) is 7.46. The van der Waals surface area contributed by atoms with E-state index in [2.05, 4.69) is 5.32 Å². The number of carbonyl (C=O) groups excluding carboxylic acids is 1. The van der Waals surface area contributed by atoms with E-state index in [1.165, 1.54) is 12.1 Å². The highest BCUT2D eigenvalue weighted by Gasteiger charge is 2.21. The molecule has 1 rings (SSSR count). The van der Waals surface area contributed by atoms with Crippen molar-refractivity contribution in [1.82, 2.24) is 4.90 Å². The largest absolute Gasteiger partial charge is 0.385 e. The number of hydrogen-bond acceptors (Lipinski definition) is 6. The molecule has 0 saturated heterocycles. The zero-order valence-corrected chi connectivity index (χ0v) is 11.4. The average molecular weight is 287 g/mol. The van der Waals surface area contributed by atoms with Crippen LogP contribution in [0.2, 0.25) is 0 Å². The number of non-ortho nitro benzene ring substituents is 1. The van der Waals surface area contributed by atoms with Crippen LogP contribution in [0.15, 0.2) is 18.2 Å². The minimum Gasteiger partial charge on any atom is -0.385 e. The van der Waals surface area contributed by atoms with Crippen LogP contribution in [-0.2, 0) is 0 Å². The molecule has 1 aromatic carbocycles. The molecule has 1 aromatic rings. The van der Waals surface area contributed by atoms with E-state index in [0.717, 1.165) is 11.0 Å². The van der Waals surface area contributed by atoms with Gasteiger partial charge >= 0.3 is 0 Å². The molecular formula is C13H13N5O3. The molecule has 108 valence electrons. The molecule has 0 saturated carbocycles. The van der Waals surface area contributed by atoms with Crippen molar-refractivity contribution in [2.24, 2.45) is 0 Å². The number of nitrogens with zero attached hydrogens (tertiary/aromatic N) is 4. The van der Waals surface area contributed by atoms with E-state index in [-0.39, 0.29) is 24.3 Å². The first-order valence-corrected chi connectivity index (χ1v) is 6.10. The number of nitro benzene ring substituents is 1. The highest BCUT2D eigenvalue weighted by molar-refractivity contribution is 6.00. The smallest absolute Gasteiger partial charge is 0.270 e. The molecule has 0 unspecified atom stereocenters. The second-order valence-corrected chi connectivity index (χ2v) is 3.99. The molecule has 1 N–H and O–H groups in total. The third kappa shape index (κ3) is 3.91. The lowest BCUT2D eigenvalue weighted by atomic mass is 10.1. The van der Waals surface area contributed by atoms with Crippen molar-refractivity contribution in [3.8, 4) is 12.1 Å². The molecule has 0 aliphatic rings. The molecule has 0 spiro atoms. The van der Waals surface area contributed by atoms with E-state index in [1.807, 2.05) is 6.92 Å². The fourth-order valence-electron chi connectivity index (χ4n) is 1.71. The molecule has 0 bridgehead atoms. The van der Waals surface area contributed by atoms with Crippen molar-refractivity contribution >= 4 is 17.3 Å². The molecular weight excluding hydrogens is 274 g/mol. The normalized spacial score (nSPS) is 9.29. The van der Waals surface area contributed by atoms with Crippen molar-refractivity contribution in [3.05, 3.63) is 33.9 Å². The van der Waals surface area contributed by atoms with Crippen molar-refractivity contribution in [1.29, 1.82) is 10.5 Å². The van der Waals surface area contributed by atoms with Gasteiger partial charge in [0.2, 0.25) is 0 Å². The van der Waals surface area contributed by atoms with E-state index in [9.17, 15) is 14.9 Å². The zero-order chi connectivity index (χ0) is 15.8. The number of nitro groups is 1. The van der Waals surface area contributed by atoms with Crippen molar-refractivity contribution in [3.63, 3.8) is 0 Å². The maximum Gasteiger partial charge on any atom is 0.270 e. The molecule has 8 heteroatoms. The molecule has 0 atom stereocenters. The Morgan fingerprint density at radius 1 is 1.38 bits per heavy atom. The third-order valence-electron chi connectivity index (χ3n) is 2.62. The quantitative estimate of drug-likeness (QED) is 0.480. The Morgan fingerprint density at radius 2 is 2.00 bits per heavy atom. The lowest BCUT2D eigenvalue weighted by Gasteiger charge is -2.18. The van der Waals surface area contributed by atoms with E-state index in [0.29, 0.717) is 12.2 Å². The van der Waals surface area contributed by atoms with Crippen molar-refractivity contribution < 1.29 is 9.72 Å². The van der Waals surface area contributed by atoms with Gasteiger partial charge in [0, 0.05) is 24.4 Å². The van der Waals surface area contributed by atoms with Crippen molar-refractivity contribution in [2.45, 2.75) is 6.92 Å². The van der Waals surface area contributed by atoms with Gasteiger partial charge in [0.05, 0.1) is 22.6 Å². The van der Waals surface area contributed by atoms with Crippen LogP contribution in [0.25, 0.3) is 0 Å². The topological polar surface area (TPSA) is 123 Å². The van der Waals surface area contributed by atoms with E-state index in [1.54, 1.807) is 12.1 Å². The zero-order valence-electron chi connectivity index (χ0n) is 11.4. The maximum atomic E-state index is 12.4. The molecule has 0 fully saturated rings. The molecule has 0 aromatic heterocycles. The molecule has 0 heterocycles. The van der Waals surface area contributed by atoms with Gasteiger partial charge in [-0.25, -0.2) is 0 Å². The number of hydrogen-bond donors (Lipinski definition) is 1. The van der Waals surface area contributed by atoms with E-state index in [4.69, 9.17) is 10.5 Å². The lowest BCUT2D eigenvalue weighted by Crippen LogP contribution is -2.32. The summed E-state index contributed by atoms with van der Waals surface area (Å²) in [4.78, 5) is 23.6. The van der Waals surface area contributed by atoms with E-state index < -0.39 is 10.8 Å². The summed E-state index contributed by atoms with van der Waals surface area (Å²) in [6, 6.07) is 7.45. The monoisotopic (exact) mass is 287 g/mol. The van der Waals surface area contributed by atoms with Gasteiger partial charge in [0.15, 0.2) is 0 Å². The first kappa shape index (κ1) is 15.9. The first-order chi connectivity index (χ1) is 10.0. The summed E-state index contributed by atoms with van der Waals surface area (Å²) < 4.78 is 0. The average Bonchev–Trinajstić information content (AvgIpc) is 2.47. The van der Waals surface area contributed by atoms with Gasteiger partial charge in [0.25, 0.3) is 11.6 Å². The predicted molar refractivity (Wildman–Crippen MR) is 74.4 cm³/mol. The molecule has 1 amide bonds. The number of nitrogens with one attached hydrogen (secondary N) is 1. The van der Waals surface area contributed by atoms with Gasteiger partial charge in [-0.05, 0) is 13.0 Å². The van der Waals surface area contributed by atoms with Gasteiger partial charge in [-0.3, -0.25) is 14.9 Å². The summed E-state index contributed by atoms with van der Waals surface area (Å²) in [7, 11) is 0. The van der Waals surface area contributed by atoms with Crippen LogP contribution < -0.4 is 5.32 Å². The van der Waals surface area contributed by atoms with Crippen LogP contribution >= 0.6 is 0 Å². The van der Waals surface area contributed by atoms with Gasteiger partial charge in [0.1, 0.15) is 13.1 Å². The number of rotatable bonds is 6. The molecule has 0 aliphatic heterocycles. The predicted octanol–water partition coefficient (Wildman–Crippen LogP) is 1.52. The minimum absolute atomic E-state index is 0.0663. The fraction of sp³-hybridized carbons (Fsp3) is 0.308. The van der Waals surface area contributed by atoms with Gasteiger partial charge in [-0.15, -0.1) is 0 Å². The van der Waals surface area contributed by atoms with Crippen molar-refractivity contribution in [2.75, 3.05) is 25.0 Å². The summed E-state index contributed by atoms with van der Waals surface area (Å²) >= 11 is 0. The minimum atomic E-state index is -0.606. The fourth-order valence-corrected chi connectivity index (χ4v) is 1.71. The maximum absolute atomic E-state index is 12.4. The van der Waals surface area contributed by atoms with Gasteiger partial charge in [-0.1, -0.05) is 0 Å². The van der Waals surface area contributed by atoms with Crippen LogP contribution in [0.5, 0.6) is 0 Å². The number of amides is 1. The Bertz CT molecular complexity index is 614. The lowest BCUT2D eigenvalue weighted by molar-refractivity contribution is -0.384. The number of anilines is 1. The highest BCUT2D eigenvalue weighted by atomic mass is 16.6. The second-order valence-electron chi connectivity index (χ2n) is 3.99. The van der Waals surface area contributed by atoms with Crippen LogP contribution in [0.4, 0.5) is 11.4 Å². The van der Waals surface area contributed by atoms with Gasteiger partial charge < -0.3 is 10.2 Å². The Balaban J connectivity index is 3.26. The third-order valence-corrected chi connectivity index (χ3v) is 2.62. The Labute approximate surface area is 121 Å². The first-order valence-electron chi connectivity index (χ1n) is 6.10. The van der Waals surface area contributed by atoms with Crippen LogP contribution in [0.3, 0.4) is 0 Å². The molecule has 0 aliphatic carbocycles. The molecule has 21 heavy (non-hydrogen) atoms. The SMILES string of the molecule is CCNc1ccc([N+](=O)[O-])cc1C(=O)N(CC#N)CC#N. The standard InChI is InChI=1S/C13H13N5O3/c1-2-16-12-4-3-10(18(20)21)9-11(12)13(19)17(7-5-14)8-6-15/h3-4,9,16H,2,7-8H2,1H3. The highest BCUT2D eigenvalue weighted by Crippen LogP contribution is 2.23. The summed E-state index contributed by atoms with van der Waals surface area (Å²) in [5.41, 5.74) is 0.263.